The number of unbranched alkanes of at least 4 members (excludes halogenated alkanes) is 29. The van der Waals surface area contributed by atoms with Crippen LogP contribution in [0.25, 0.3) is 0 Å². The summed E-state index contributed by atoms with van der Waals surface area (Å²) in [6.45, 7) is 3.85. The molecule has 0 radical (unpaired) electrons. The molecule has 332 valence electrons. The highest BCUT2D eigenvalue weighted by atomic mass is 31.2. The summed E-state index contributed by atoms with van der Waals surface area (Å²) in [5, 5.41) is 8.89. The first-order chi connectivity index (χ1) is 27.2. The summed E-state index contributed by atoms with van der Waals surface area (Å²) in [7, 11) is -4.61. The van der Waals surface area contributed by atoms with Crippen LogP contribution in [0.1, 0.15) is 226 Å². The summed E-state index contributed by atoms with van der Waals surface area (Å²) < 4.78 is 33.3. The van der Waals surface area contributed by atoms with E-state index in [9.17, 15) is 19.0 Å². The number of phosphoric acid groups is 1. The first-order valence-corrected chi connectivity index (χ1v) is 24.7. The van der Waals surface area contributed by atoms with E-state index in [1.807, 2.05) is 0 Å². The molecular weight excluding hydrogens is 729 g/mol. The average Bonchev–Trinajstić information content (AvgIpc) is 3.18. The van der Waals surface area contributed by atoms with Gasteiger partial charge in [-0.2, -0.15) is 0 Å². The molecule has 0 rings (SSSR count). The minimum absolute atomic E-state index is 0.0177. The van der Waals surface area contributed by atoms with Crippen LogP contribution in [0.2, 0.25) is 0 Å². The fraction of sp³-hybridized carbons (Fsp3) is 0.911. The van der Waals surface area contributed by atoms with Crippen molar-refractivity contribution in [1.29, 1.82) is 0 Å². The lowest BCUT2D eigenvalue weighted by Crippen LogP contribution is -2.34. The molecule has 0 amide bonds. The molecule has 0 aliphatic rings. The number of nitrogens with two attached hydrogens (primary N) is 1. The number of carbonyl (C=O) groups excluding carboxylic acids is 1. The molecule has 0 aliphatic carbocycles. The zero-order valence-corrected chi connectivity index (χ0v) is 37.1. The van der Waals surface area contributed by atoms with Crippen LogP contribution in [0.4, 0.5) is 0 Å². The van der Waals surface area contributed by atoms with E-state index in [4.69, 9.17) is 29.4 Å². The molecule has 0 fully saturated rings. The van der Waals surface area contributed by atoms with E-state index in [0.29, 0.717) is 6.61 Å². The quantitative estimate of drug-likeness (QED) is 0.0234. The zero-order chi connectivity index (χ0) is 41.2. The number of carboxylic acid groups (broad SMARTS) is 1. The Kier molecular flexibility index (Phi) is 40.9. The van der Waals surface area contributed by atoms with Crippen LogP contribution in [-0.2, 0) is 32.7 Å². The summed E-state index contributed by atoms with van der Waals surface area (Å²) in [5.74, 6) is -1.77. The Morgan fingerprint density at radius 1 is 0.554 bits per heavy atom. The lowest BCUT2D eigenvalue weighted by atomic mass is 10.0. The van der Waals surface area contributed by atoms with Crippen molar-refractivity contribution in [3.05, 3.63) is 12.2 Å². The van der Waals surface area contributed by atoms with Gasteiger partial charge < -0.3 is 25.2 Å². The fourth-order valence-corrected chi connectivity index (χ4v) is 7.44. The van der Waals surface area contributed by atoms with E-state index in [1.165, 1.54) is 154 Å². The average molecular weight is 818 g/mol. The summed E-state index contributed by atoms with van der Waals surface area (Å²) in [5.41, 5.74) is 5.35. The predicted molar refractivity (Wildman–Crippen MR) is 231 cm³/mol. The second-order valence-electron chi connectivity index (χ2n) is 15.9. The molecule has 0 heterocycles. The number of allylic oxidation sites excluding steroid dienone is 2. The maximum Gasteiger partial charge on any atom is 0.472 e. The van der Waals surface area contributed by atoms with Gasteiger partial charge in [0, 0.05) is 13.0 Å². The van der Waals surface area contributed by atoms with Crippen molar-refractivity contribution in [2.75, 3.05) is 26.4 Å². The van der Waals surface area contributed by atoms with Crippen molar-refractivity contribution in [2.45, 2.75) is 238 Å². The molecule has 56 heavy (non-hydrogen) atoms. The summed E-state index contributed by atoms with van der Waals surface area (Å²) in [6, 6.07) is -1.47. The van der Waals surface area contributed by atoms with Gasteiger partial charge in [0.2, 0.25) is 0 Å². The highest BCUT2D eigenvalue weighted by molar-refractivity contribution is 7.47. The Balaban J connectivity index is 4.05. The van der Waals surface area contributed by atoms with E-state index in [1.54, 1.807) is 0 Å². The molecule has 0 aromatic heterocycles. The number of carboxylic acids is 1. The van der Waals surface area contributed by atoms with Crippen molar-refractivity contribution in [2.24, 2.45) is 5.73 Å². The third kappa shape index (κ3) is 40.9. The minimum atomic E-state index is -4.61. The van der Waals surface area contributed by atoms with E-state index >= 15 is 0 Å². The van der Waals surface area contributed by atoms with Crippen molar-refractivity contribution in [3.8, 4) is 0 Å². The molecule has 0 bridgehead atoms. The van der Waals surface area contributed by atoms with Gasteiger partial charge in [-0.05, 0) is 32.1 Å². The first kappa shape index (κ1) is 54.7. The van der Waals surface area contributed by atoms with Crippen LogP contribution in [0.3, 0.4) is 0 Å². The molecule has 11 heteroatoms. The number of hydrogen-bond donors (Lipinski definition) is 3. The maximum absolute atomic E-state index is 12.6. The van der Waals surface area contributed by atoms with Gasteiger partial charge in [0.1, 0.15) is 12.1 Å². The van der Waals surface area contributed by atoms with Gasteiger partial charge in [0.05, 0.1) is 19.8 Å². The van der Waals surface area contributed by atoms with Crippen molar-refractivity contribution >= 4 is 19.8 Å². The van der Waals surface area contributed by atoms with E-state index in [2.05, 4.69) is 26.0 Å². The second-order valence-corrected chi connectivity index (χ2v) is 17.3. The monoisotopic (exact) mass is 818 g/mol. The number of rotatable bonds is 45. The van der Waals surface area contributed by atoms with Crippen LogP contribution >= 0.6 is 7.82 Å². The lowest BCUT2D eigenvalue weighted by Gasteiger charge is -2.20. The Bertz CT molecular complexity index is 951. The van der Waals surface area contributed by atoms with Gasteiger partial charge >= 0.3 is 19.8 Å². The van der Waals surface area contributed by atoms with Crippen molar-refractivity contribution in [3.63, 3.8) is 0 Å². The van der Waals surface area contributed by atoms with Gasteiger partial charge in [-0.3, -0.25) is 18.6 Å². The molecule has 4 N–H and O–H groups in total. The third-order valence-corrected chi connectivity index (χ3v) is 11.2. The summed E-state index contributed by atoms with van der Waals surface area (Å²) in [6.07, 6.45) is 44.2. The molecule has 0 aromatic carbocycles. The first-order valence-electron chi connectivity index (χ1n) is 23.2. The Morgan fingerprint density at radius 2 is 0.964 bits per heavy atom. The smallest absolute Gasteiger partial charge is 0.472 e. The van der Waals surface area contributed by atoms with Crippen LogP contribution in [0.15, 0.2) is 12.2 Å². The molecule has 0 aliphatic heterocycles. The molecule has 10 nitrogen and oxygen atoms in total. The van der Waals surface area contributed by atoms with Gasteiger partial charge in [-0.15, -0.1) is 0 Å². The van der Waals surface area contributed by atoms with Gasteiger partial charge in [0.15, 0.2) is 0 Å². The predicted octanol–water partition coefficient (Wildman–Crippen LogP) is 12.9. The fourth-order valence-electron chi connectivity index (χ4n) is 6.67. The minimum Gasteiger partial charge on any atom is -0.480 e. The topological polar surface area (TPSA) is 155 Å². The number of hydrogen-bond acceptors (Lipinski definition) is 8. The van der Waals surface area contributed by atoms with Crippen molar-refractivity contribution < 1.29 is 42.7 Å². The highest BCUT2D eigenvalue weighted by Crippen LogP contribution is 2.43. The Morgan fingerprint density at radius 3 is 1.43 bits per heavy atom. The van der Waals surface area contributed by atoms with Gasteiger partial charge in [-0.1, -0.05) is 199 Å². The largest absolute Gasteiger partial charge is 0.480 e. The number of ether oxygens (including phenoxy) is 2. The molecule has 3 unspecified atom stereocenters. The molecule has 0 spiro atoms. The molecule has 0 aromatic rings. The van der Waals surface area contributed by atoms with E-state index < -0.39 is 45.1 Å². The maximum atomic E-state index is 12.6. The number of phosphoric ester groups is 1. The van der Waals surface area contributed by atoms with Crippen LogP contribution in [0.5, 0.6) is 0 Å². The molecular formula is C45H88NO9P. The molecule has 0 saturated heterocycles. The number of esters is 1. The van der Waals surface area contributed by atoms with Crippen molar-refractivity contribution in [1.82, 2.24) is 0 Å². The summed E-state index contributed by atoms with van der Waals surface area (Å²) >= 11 is 0. The van der Waals surface area contributed by atoms with Gasteiger partial charge in [0.25, 0.3) is 0 Å². The van der Waals surface area contributed by atoms with Crippen LogP contribution < -0.4 is 5.73 Å². The number of carbonyl (C=O) groups is 2. The standard InChI is InChI=1S/C45H88NO9P/c1-3-5-7-9-11-13-15-16-17-18-19-20-21-22-23-24-25-26-27-29-31-33-35-37-44(47)55-42(40-53-56(50,51)54-41-43(46)45(48)49)39-52-38-36-34-32-30-28-14-12-10-8-6-4-2/h8,10,42-43H,3-7,9,11-41,46H2,1-2H3,(H,48,49)(H,50,51)/b10-8-. The molecule has 0 saturated carbocycles. The highest BCUT2D eigenvalue weighted by Gasteiger charge is 2.27. The molecule has 3 atom stereocenters. The van der Waals surface area contributed by atoms with E-state index in [-0.39, 0.29) is 13.0 Å². The summed E-state index contributed by atoms with van der Waals surface area (Å²) in [4.78, 5) is 33.5. The lowest BCUT2D eigenvalue weighted by molar-refractivity contribution is -0.154. The van der Waals surface area contributed by atoms with Gasteiger partial charge in [-0.25, -0.2) is 4.57 Å². The van der Waals surface area contributed by atoms with Crippen LogP contribution in [-0.4, -0.2) is 60.5 Å². The van der Waals surface area contributed by atoms with Crippen LogP contribution in [0, 0.1) is 0 Å². The second kappa shape index (κ2) is 41.9. The number of aliphatic carboxylic acids is 1. The normalized spacial score (nSPS) is 13.9. The SMILES string of the molecule is CCC/C=C\CCCCCCCCOCC(COP(=O)(O)OCC(N)C(=O)O)OC(=O)CCCCCCCCCCCCCCCCCCCCCCCCC. The Hall–Kier alpha value is -1.29. The third-order valence-electron chi connectivity index (χ3n) is 10.3. The Labute approximate surface area is 343 Å². The van der Waals surface area contributed by atoms with E-state index in [0.717, 1.165) is 51.4 Å². The zero-order valence-electron chi connectivity index (χ0n) is 36.2.